The molecule has 1 aromatic carbocycles. The Labute approximate surface area is 115 Å². The maximum absolute atomic E-state index is 12.4. The molecule has 2 aromatic heterocycles. The number of Topliss-reactive ketones (excluding diaryl/α,β-unsaturated/α-hetero) is 1. The highest BCUT2D eigenvalue weighted by atomic mass is 16.5. The van der Waals surface area contributed by atoms with Gasteiger partial charge in [0.05, 0.1) is 37.2 Å². The van der Waals surface area contributed by atoms with E-state index >= 15 is 0 Å². The first-order valence-electron chi connectivity index (χ1n) is 6.19. The summed E-state index contributed by atoms with van der Waals surface area (Å²) in [7, 11) is 3.25. The van der Waals surface area contributed by atoms with Crippen LogP contribution in [0, 0.1) is 0 Å². The molecule has 0 spiro atoms. The number of nitrogens with zero attached hydrogens (tertiary/aromatic N) is 4. The van der Waals surface area contributed by atoms with E-state index < -0.39 is 0 Å². The van der Waals surface area contributed by atoms with Crippen LogP contribution in [0.1, 0.15) is 10.5 Å². The molecule has 0 saturated carbocycles. The van der Waals surface area contributed by atoms with Gasteiger partial charge in [-0.2, -0.15) is 5.10 Å². The molecule has 0 fully saturated rings. The topological polar surface area (TPSA) is 61.9 Å². The van der Waals surface area contributed by atoms with Crippen LogP contribution in [-0.2, 0) is 13.6 Å². The van der Waals surface area contributed by atoms with Crippen molar-refractivity contribution in [2.24, 2.45) is 7.05 Å². The summed E-state index contributed by atoms with van der Waals surface area (Å²) in [6.07, 6.45) is 3.21. The van der Waals surface area contributed by atoms with Gasteiger partial charge in [-0.15, -0.1) is 0 Å². The van der Waals surface area contributed by atoms with Crippen LogP contribution in [0.4, 0.5) is 0 Å². The molecule has 102 valence electrons. The van der Waals surface area contributed by atoms with Crippen molar-refractivity contribution in [1.82, 2.24) is 19.3 Å². The maximum Gasteiger partial charge on any atom is 0.204 e. The number of carbonyl (C=O) groups is 1. The summed E-state index contributed by atoms with van der Waals surface area (Å²) in [5.41, 5.74) is 2.27. The van der Waals surface area contributed by atoms with Crippen LogP contribution in [0.3, 0.4) is 0 Å². The molecule has 0 aliphatic carbocycles. The van der Waals surface area contributed by atoms with E-state index in [1.54, 1.807) is 19.6 Å². The first-order valence-corrected chi connectivity index (χ1v) is 6.19. The monoisotopic (exact) mass is 270 g/mol. The van der Waals surface area contributed by atoms with E-state index in [2.05, 4.69) is 10.1 Å². The summed E-state index contributed by atoms with van der Waals surface area (Å²) in [5, 5.41) is 4.05. The van der Waals surface area contributed by atoms with Gasteiger partial charge in [0, 0.05) is 7.05 Å². The molecular formula is C14H14N4O2. The number of methoxy groups -OCH3 is 1. The van der Waals surface area contributed by atoms with Gasteiger partial charge in [-0.05, 0) is 12.1 Å². The Bertz CT molecular complexity index is 772. The lowest BCUT2D eigenvalue weighted by molar-refractivity contribution is 0.0961. The molecule has 0 saturated heterocycles. The molecule has 0 N–H and O–H groups in total. The van der Waals surface area contributed by atoms with Crippen molar-refractivity contribution in [3.63, 3.8) is 0 Å². The Kier molecular flexibility index (Phi) is 2.98. The van der Waals surface area contributed by atoms with Gasteiger partial charge in [0.1, 0.15) is 5.69 Å². The highest BCUT2D eigenvalue weighted by molar-refractivity contribution is 5.97. The van der Waals surface area contributed by atoms with E-state index in [0.29, 0.717) is 11.4 Å². The fourth-order valence-electron chi connectivity index (χ4n) is 2.25. The zero-order valence-corrected chi connectivity index (χ0v) is 11.3. The van der Waals surface area contributed by atoms with Crippen molar-refractivity contribution in [1.29, 1.82) is 0 Å². The lowest BCUT2D eigenvalue weighted by Crippen LogP contribution is -2.14. The first-order chi connectivity index (χ1) is 9.70. The highest BCUT2D eigenvalue weighted by Gasteiger charge is 2.18. The van der Waals surface area contributed by atoms with Gasteiger partial charge in [-0.25, -0.2) is 4.98 Å². The highest BCUT2D eigenvalue weighted by Crippen LogP contribution is 2.19. The molecule has 0 aliphatic heterocycles. The van der Waals surface area contributed by atoms with E-state index in [4.69, 9.17) is 4.74 Å². The summed E-state index contributed by atoms with van der Waals surface area (Å²) >= 11 is 0. The van der Waals surface area contributed by atoms with Gasteiger partial charge >= 0.3 is 0 Å². The van der Waals surface area contributed by atoms with Crippen LogP contribution in [0.2, 0.25) is 0 Å². The largest absolute Gasteiger partial charge is 0.493 e. The summed E-state index contributed by atoms with van der Waals surface area (Å²) in [6, 6.07) is 7.71. The number of imidazole rings is 1. The smallest absolute Gasteiger partial charge is 0.204 e. The molecule has 0 bridgehead atoms. The lowest BCUT2D eigenvalue weighted by Gasteiger charge is -2.06. The van der Waals surface area contributed by atoms with Crippen LogP contribution < -0.4 is 4.74 Å². The molecule has 0 unspecified atom stereocenters. The molecule has 0 amide bonds. The first kappa shape index (κ1) is 12.4. The minimum absolute atomic E-state index is 0.0648. The van der Waals surface area contributed by atoms with Crippen LogP contribution >= 0.6 is 0 Å². The van der Waals surface area contributed by atoms with E-state index in [1.807, 2.05) is 28.8 Å². The molecule has 0 aliphatic rings. The van der Waals surface area contributed by atoms with Crippen LogP contribution in [-0.4, -0.2) is 32.2 Å². The molecule has 6 heteroatoms. The van der Waals surface area contributed by atoms with Crippen LogP contribution in [0.25, 0.3) is 11.0 Å². The van der Waals surface area contributed by atoms with Gasteiger partial charge in [-0.1, -0.05) is 12.1 Å². The quantitative estimate of drug-likeness (QED) is 0.676. The summed E-state index contributed by atoms with van der Waals surface area (Å²) < 4.78 is 8.52. The summed E-state index contributed by atoms with van der Waals surface area (Å²) in [5.74, 6) is 0.423. The average Bonchev–Trinajstić information content (AvgIpc) is 3.03. The van der Waals surface area contributed by atoms with Gasteiger partial charge in [0.25, 0.3) is 0 Å². The third-order valence-corrected chi connectivity index (χ3v) is 3.23. The number of ether oxygens (including phenoxy) is 1. The lowest BCUT2D eigenvalue weighted by atomic mass is 10.2. The molecule has 6 nitrogen and oxygen atoms in total. The number of hydrogen-bond acceptors (Lipinski definition) is 4. The third-order valence-electron chi connectivity index (χ3n) is 3.23. The predicted molar refractivity (Wildman–Crippen MR) is 73.8 cm³/mol. The number of aryl methyl sites for hydroxylation is 1. The molecule has 3 aromatic rings. The third kappa shape index (κ3) is 1.95. The predicted octanol–water partition coefficient (Wildman–Crippen LogP) is 1.66. The summed E-state index contributed by atoms with van der Waals surface area (Å²) in [4.78, 5) is 16.7. The number of rotatable bonds is 4. The fraction of sp³-hybridized carbons (Fsp3) is 0.214. The molecular weight excluding hydrogens is 256 g/mol. The SMILES string of the molecule is COc1cnn(C)c1C(=O)Cn1cnc2ccccc21. The standard InChI is InChI=1S/C14H14N4O2/c1-17-14(13(20-2)7-16-17)12(19)8-18-9-15-10-5-3-4-6-11(10)18/h3-7,9H,8H2,1-2H3. The van der Waals surface area contributed by atoms with Crippen LogP contribution in [0.5, 0.6) is 5.75 Å². The molecule has 2 heterocycles. The van der Waals surface area contributed by atoms with E-state index in [9.17, 15) is 4.79 Å². The molecule has 0 atom stereocenters. The van der Waals surface area contributed by atoms with Gasteiger partial charge in [0.15, 0.2) is 5.75 Å². The Morgan fingerprint density at radius 3 is 2.95 bits per heavy atom. The Balaban J connectivity index is 1.95. The minimum atomic E-state index is -0.0648. The molecule has 3 rings (SSSR count). The normalized spacial score (nSPS) is 10.9. The van der Waals surface area contributed by atoms with E-state index in [0.717, 1.165) is 11.0 Å². The van der Waals surface area contributed by atoms with Crippen molar-refractivity contribution < 1.29 is 9.53 Å². The van der Waals surface area contributed by atoms with Crippen molar-refractivity contribution in [2.75, 3.05) is 7.11 Å². The second kappa shape index (κ2) is 4.80. The number of para-hydroxylation sites is 2. The second-order valence-electron chi connectivity index (χ2n) is 4.47. The van der Waals surface area contributed by atoms with Crippen molar-refractivity contribution >= 4 is 16.8 Å². The zero-order chi connectivity index (χ0) is 14.1. The number of ketones is 1. The Morgan fingerprint density at radius 1 is 1.35 bits per heavy atom. The minimum Gasteiger partial charge on any atom is -0.493 e. The van der Waals surface area contributed by atoms with Gasteiger partial charge in [-0.3, -0.25) is 9.48 Å². The Hall–Kier alpha value is -2.63. The fourth-order valence-corrected chi connectivity index (χ4v) is 2.25. The number of aromatic nitrogens is 4. The average molecular weight is 270 g/mol. The van der Waals surface area contributed by atoms with Gasteiger partial charge in [0.2, 0.25) is 5.78 Å². The summed E-state index contributed by atoms with van der Waals surface area (Å²) in [6.45, 7) is 0.205. The van der Waals surface area contributed by atoms with Gasteiger partial charge < -0.3 is 9.30 Å². The Morgan fingerprint density at radius 2 is 2.15 bits per heavy atom. The maximum atomic E-state index is 12.4. The van der Waals surface area contributed by atoms with E-state index in [1.165, 1.54) is 11.8 Å². The van der Waals surface area contributed by atoms with Crippen LogP contribution in [0.15, 0.2) is 36.8 Å². The second-order valence-corrected chi connectivity index (χ2v) is 4.47. The van der Waals surface area contributed by atoms with Crippen molar-refractivity contribution in [2.45, 2.75) is 6.54 Å². The number of benzene rings is 1. The zero-order valence-electron chi connectivity index (χ0n) is 11.3. The number of hydrogen-bond donors (Lipinski definition) is 0. The molecule has 20 heavy (non-hydrogen) atoms. The molecule has 0 radical (unpaired) electrons. The van der Waals surface area contributed by atoms with Crippen molar-refractivity contribution in [3.05, 3.63) is 42.5 Å². The van der Waals surface area contributed by atoms with E-state index in [-0.39, 0.29) is 12.3 Å². The number of fused-ring (bicyclic) bond motifs is 1. The number of carbonyl (C=O) groups excluding carboxylic acids is 1. The van der Waals surface area contributed by atoms with Crippen molar-refractivity contribution in [3.8, 4) is 5.75 Å².